The predicted octanol–water partition coefficient (Wildman–Crippen LogP) is -0.267. The van der Waals surface area contributed by atoms with Gasteiger partial charge >= 0.3 is 5.97 Å². The zero-order valence-electron chi connectivity index (χ0n) is 23.0. The summed E-state index contributed by atoms with van der Waals surface area (Å²) in [6.07, 6.45) is 1.27. The number of carboxylic acids is 1. The van der Waals surface area contributed by atoms with Gasteiger partial charge in [-0.05, 0) is 49.8 Å². The smallest absolute Gasteiger partial charge is 0.326 e. The van der Waals surface area contributed by atoms with Gasteiger partial charge in [-0.1, -0.05) is 60.7 Å². The second-order valence-corrected chi connectivity index (χ2v) is 9.80. The third kappa shape index (κ3) is 12.2. The van der Waals surface area contributed by atoms with E-state index < -0.39 is 53.8 Å². The van der Waals surface area contributed by atoms with Crippen LogP contribution >= 0.6 is 0 Å². The van der Waals surface area contributed by atoms with Gasteiger partial charge in [0.05, 0.1) is 6.04 Å². The van der Waals surface area contributed by atoms with Gasteiger partial charge in [0.25, 0.3) is 0 Å². The maximum Gasteiger partial charge on any atom is 0.326 e. The molecule has 4 unspecified atom stereocenters. The van der Waals surface area contributed by atoms with Crippen LogP contribution in [0.1, 0.15) is 43.2 Å². The van der Waals surface area contributed by atoms with Crippen LogP contribution in [0.15, 0.2) is 60.7 Å². The third-order valence-electron chi connectivity index (χ3n) is 6.42. The summed E-state index contributed by atoms with van der Waals surface area (Å²) in [5.41, 5.74) is 18.4. The third-order valence-corrected chi connectivity index (χ3v) is 6.42. The molecule has 0 radical (unpaired) electrons. The van der Waals surface area contributed by atoms with Crippen molar-refractivity contribution in [2.45, 2.75) is 69.1 Å². The number of hydrogen-bond acceptors (Lipinski definition) is 7. The molecule has 2 rings (SSSR count). The fourth-order valence-corrected chi connectivity index (χ4v) is 4.15. The minimum Gasteiger partial charge on any atom is -0.480 e. The number of carboxylic acid groups (broad SMARTS) is 1. The summed E-state index contributed by atoms with van der Waals surface area (Å²) in [4.78, 5) is 62.5. The molecule has 0 saturated carbocycles. The van der Waals surface area contributed by atoms with E-state index in [1.807, 2.05) is 30.3 Å². The van der Waals surface area contributed by atoms with E-state index in [1.54, 1.807) is 30.3 Å². The van der Waals surface area contributed by atoms with E-state index in [-0.39, 0.29) is 32.1 Å². The van der Waals surface area contributed by atoms with Crippen LogP contribution in [0.2, 0.25) is 0 Å². The maximum absolute atomic E-state index is 13.4. The molecule has 10 N–H and O–H groups in total. The Morgan fingerprint density at radius 2 is 1.20 bits per heavy atom. The van der Waals surface area contributed by atoms with Crippen molar-refractivity contribution in [3.63, 3.8) is 0 Å². The number of carbonyl (C=O) groups excluding carboxylic acids is 4. The van der Waals surface area contributed by atoms with Gasteiger partial charge in [-0.2, -0.15) is 0 Å². The van der Waals surface area contributed by atoms with Crippen LogP contribution in [-0.2, 0) is 36.8 Å². The van der Waals surface area contributed by atoms with Crippen molar-refractivity contribution in [1.82, 2.24) is 16.0 Å². The molecule has 0 saturated heterocycles. The lowest BCUT2D eigenvalue weighted by Crippen LogP contribution is -2.57. The van der Waals surface area contributed by atoms with Crippen molar-refractivity contribution in [2.24, 2.45) is 17.2 Å². The Balaban J connectivity index is 2.20. The standard InChI is InChI=1S/C29H40N6O6/c30-16-8-7-13-22(33-26(37)21(31)17-19-9-3-1-4-10-19)27(38)35-24(18-20-11-5-2-6-12-20)28(39)34-23(29(40)41)14-15-25(32)36/h1-6,9-12,21-24H,7-8,13-18,30-31H2,(H2,32,36)(H,33,37)(H,34,39)(H,35,38)(H,40,41). The second-order valence-electron chi connectivity index (χ2n) is 9.80. The lowest BCUT2D eigenvalue weighted by Gasteiger charge is -2.25. The quantitative estimate of drug-likeness (QED) is 0.118. The van der Waals surface area contributed by atoms with Gasteiger partial charge in [0.1, 0.15) is 18.1 Å². The van der Waals surface area contributed by atoms with E-state index in [4.69, 9.17) is 17.2 Å². The van der Waals surface area contributed by atoms with E-state index in [0.717, 1.165) is 5.56 Å². The van der Waals surface area contributed by atoms with Crippen molar-refractivity contribution < 1.29 is 29.1 Å². The minimum atomic E-state index is -1.39. The van der Waals surface area contributed by atoms with Crippen molar-refractivity contribution >= 4 is 29.6 Å². The summed E-state index contributed by atoms with van der Waals surface area (Å²) in [5, 5.41) is 17.3. The average Bonchev–Trinajstić information content (AvgIpc) is 2.95. The monoisotopic (exact) mass is 568 g/mol. The molecule has 41 heavy (non-hydrogen) atoms. The van der Waals surface area contributed by atoms with Crippen LogP contribution in [0.4, 0.5) is 0 Å². The lowest BCUT2D eigenvalue weighted by molar-refractivity contribution is -0.142. The molecule has 0 bridgehead atoms. The molecule has 4 atom stereocenters. The first-order valence-corrected chi connectivity index (χ1v) is 13.6. The molecule has 2 aromatic carbocycles. The molecule has 0 aliphatic rings. The number of hydrogen-bond donors (Lipinski definition) is 7. The zero-order chi connectivity index (χ0) is 30.2. The number of nitrogens with one attached hydrogen (secondary N) is 3. The number of carbonyl (C=O) groups is 5. The normalized spacial score (nSPS) is 13.7. The number of primary amides is 1. The lowest BCUT2D eigenvalue weighted by atomic mass is 10.0. The molecule has 4 amide bonds. The van der Waals surface area contributed by atoms with Gasteiger partial charge in [0, 0.05) is 12.8 Å². The molecule has 0 aliphatic carbocycles. The molecule has 0 fully saturated rings. The Morgan fingerprint density at radius 3 is 1.73 bits per heavy atom. The molecule has 0 aromatic heterocycles. The highest BCUT2D eigenvalue weighted by Crippen LogP contribution is 2.09. The highest BCUT2D eigenvalue weighted by atomic mass is 16.4. The molecule has 12 heteroatoms. The van der Waals surface area contributed by atoms with Crippen LogP contribution < -0.4 is 33.2 Å². The minimum absolute atomic E-state index is 0.0531. The first-order chi connectivity index (χ1) is 19.6. The number of nitrogens with two attached hydrogens (primary N) is 3. The summed E-state index contributed by atoms with van der Waals surface area (Å²) >= 11 is 0. The molecule has 222 valence electrons. The molecular weight excluding hydrogens is 528 g/mol. The van der Waals surface area contributed by atoms with Crippen molar-refractivity contribution in [1.29, 1.82) is 0 Å². The van der Waals surface area contributed by atoms with Gasteiger partial charge in [-0.25, -0.2) is 4.79 Å². The van der Waals surface area contributed by atoms with Crippen LogP contribution in [0.5, 0.6) is 0 Å². The molecule has 0 aliphatic heterocycles. The van der Waals surface area contributed by atoms with Gasteiger partial charge in [0.15, 0.2) is 0 Å². The Morgan fingerprint density at radius 1 is 0.683 bits per heavy atom. The Kier molecular flexibility index (Phi) is 14.0. The first-order valence-electron chi connectivity index (χ1n) is 13.6. The molecule has 2 aromatic rings. The number of unbranched alkanes of at least 4 members (excludes halogenated alkanes) is 1. The van der Waals surface area contributed by atoms with Gasteiger partial charge in [0.2, 0.25) is 23.6 Å². The summed E-state index contributed by atoms with van der Waals surface area (Å²) in [5.74, 6) is -3.96. The highest BCUT2D eigenvalue weighted by Gasteiger charge is 2.30. The summed E-state index contributed by atoms with van der Waals surface area (Å²) in [6.45, 7) is 0.400. The first kappa shape index (κ1) is 32.9. The Hall–Kier alpha value is -4.29. The topological polar surface area (TPSA) is 220 Å². The van der Waals surface area contributed by atoms with Gasteiger partial charge in [-0.3, -0.25) is 19.2 Å². The van der Waals surface area contributed by atoms with Gasteiger partial charge < -0.3 is 38.3 Å². The van der Waals surface area contributed by atoms with Crippen LogP contribution in [0, 0.1) is 0 Å². The van der Waals surface area contributed by atoms with Gasteiger partial charge in [-0.15, -0.1) is 0 Å². The van der Waals surface area contributed by atoms with E-state index in [2.05, 4.69) is 16.0 Å². The SMILES string of the molecule is NCCCCC(NC(=O)C(N)Cc1ccccc1)C(=O)NC(Cc1ccccc1)C(=O)NC(CCC(N)=O)C(=O)O. The number of rotatable bonds is 18. The summed E-state index contributed by atoms with van der Waals surface area (Å²) in [7, 11) is 0. The molecule has 0 heterocycles. The molecular formula is C29H40N6O6. The van der Waals surface area contributed by atoms with E-state index >= 15 is 0 Å². The largest absolute Gasteiger partial charge is 0.480 e. The van der Waals surface area contributed by atoms with E-state index in [0.29, 0.717) is 24.9 Å². The number of benzene rings is 2. The summed E-state index contributed by atoms with van der Waals surface area (Å²) in [6, 6.07) is 13.6. The Bertz CT molecular complexity index is 1150. The second kappa shape index (κ2) is 17.4. The fourth-order valence-electron chi connectivity index (χ4n) is 4.15. The zero-order valence-corrected chi connectivity index (χ0v) is 23.0. The van der Waals surface area contributed by atoms with E-state index in [1.165, 1.54) is 0 Å². The van der Waals surface area contributed by atoms with Crippen molar-refractivity contribution in [3.8, 4) is 0 Å². The average molecular weight is 569 g/mol. The highest BCUT2D eigenvalue weighted by molar-refractivity contribution is 5.94. The maximum atomic E-state index is 13.4. The summed E-state index contributed by atoms with van der Waals surface area (Å²) < 4.78 is 0. The van der Waals surface area contributed by atoms with Crippen LogP contribution in [0.3, 0.4) is 0 Å². The van der Waals surface area contributed by atoms with Crippen LogP contribution in [-0.4, -0.2) is 65.4 Å². The van der Waals surface area contributed by atoms with Crippen LogP contribution in [0.25, 0.3) is 0 Å². The molecule has 0 spiro atoms. The fraction of sp³-hybridized carbons (Fsp3) is 0.414. The Labute approximate surface area is 239 Å². The van der Waals surface area contributed by atoms with Crippen molar-refractivity contribution in [3.05, 3.63) is 71.8 Å². The van der Waals surface area contributed by atoms with E-state index in [9.17, 15) is 29.1 Å². The number of amides is 4. The number of aliphatic carboxylic acids is 1. The predicted molar refractivity (Wildman–Crippen MR) is 153 cm³/mol. The molecule has 12 nitrogen and oxygen atoms in total. The van der Waals surface area contributed by atoms with Crippen molar-refractivity contribution in [2.75, 3.05) is 6.54 Å².